The molecule has 0 aliphatic heterocycles. The number of aromatic amines is 1. The van der Waals surface area contributed by atoms with Crippen LogP contribution in [0.25, 0.3) is 0 Å². The first-order chi connectivity index (χ1) is 8.08. The first-order valence-corrected chi connectivity index (χ1v) is 5.53. The van der Waals surface area contributed by atoms with E-state index in [1.165, 1.54) is 12.4 Å². The summed E-state index contributed by atoms with van der Waals surface area (Å²) in [5, 5.41) is 0. The van der Waals surface area contributed by atoms with Crippen molar-refractivity contribution in [3.05, 3.63) is 52.0 Å². The summed E-state index contributed by atoms with van der Waals surface area (Å²) in [6.45, 7) is 0. The molecule has 6 heteroatoms. The molecule has 0 aliphatic rings. The van der Waals surface area contributed by atoms with Gasteiger partial charge in [0, 0.05) is 16.9 Å². The Morgan fingerprint density at radius 3 is 2.53 bits per heavy atom. The molecule has 0 unspecified atom stereocenters. The molecule has 0 saturated heterocycles. The van der Waals surface area contributed by atoms with E-state index in [2.05, 4.69) is 25.9 Å². The molecule has 0 atom stereocenters. The maximum Gasteiger partial charge on any atom is 0.176 e. The van der Waals surface area contributed by atoms with Gasteiger partial charge in [0.2, 0.25) is 0 Å². The minimum Gasteiger partial charge on any atom is -0.348 e. The fourth-order valence-electron chi connectivity index (χ4n) is 1.44. The van der Waals surface area contributed by atoms with E-state index in [0.717, 1.165) is 12.1 Å². The summed E-state index contributed by atoms with van der Waals surface area (Å²) in [5.74, 6) is -2.04. The smallest absolute Gasteiger partial charge is 0.176 e. The van der Waals surface area contributed by atoms with Crippen molar-refractivity contribution in [3.63, 3.8) is 0 Å². The van der Waals surface area contributed by atoms with Crippen LogP contribution in [0.2, 0.25) is 0 Å². The van der Waals surface area contributed by atoms with Crippen LogP contribution in [-0.2, 0) is 6.42 Å². The minimum atomic E-state index is -0.881. The highest BCUT2D eigenvalue weighted by atomic mass is 79.9. The molecule has 0 bridgehead atoms. The van der Waals surface area contributed by atoms with E-state index in [-0.39, 0.29) is 10.9 Å². The summed E-state index contributed by atoms with van der Waals surface area (Å²) >= 11 is 2.95. The summed E-state index contributed by atoms with van der Waals surface area (Å²) in [6, 6.07) is 2.11. The Bertz CT molecular complexity index is 532. The van der Waals surface area contributed by atoms with E-state index in [1.54, 1.807) is 0 Å². The SMILES string of the molecule is O=C(Cc1ncc[nH]1)c1c(F)cc(Br)cc1F. The maximum absolute atomic E-state index is 13.5. The molecule has 0 fully saturated rings. The molecule has 0 radical (unpaired) electrons. The summed E-state index contributed by atoms with van der Waals surface area (Å²) in [4.78, 5) is 18.2. The summed E-state index contributed by atoms with van der Waals surface area (Å²) in [7, 11) is 0. The summed E-state index contributed by atoms with van der Waals surface area (Å²) < 4.78 is 27.2. The number of nitrogens with one attached hydrogen (secondary N) is 1. The van der Waals surface area contributed by atoms with Crippen molar-refractivity contribution in [2.75, 3.05) is 0 Å². The van der Waals surface area contributed by atoms with Crippen LogP contribution in [0.4, 0.5) is 8.78 Å². The Kier molecular flexibility index (Phi) is 3.33. The van der Waals surface area contributed by atoms with Crippen LogP contribution in [0.5, 0.6) is 0 Å². The number of benzene rings is 1. The number of halogens is 3. The molecular weight excluding hydrogens is 294 g/mol. The number of ketones is 1. The quantitative estimate of drug-likeness (QED) is 0.886. The van der Waals surface area contributed by atoms with Crippen LogP contribution in [0.3, 0.4) is 0 Å². The highest BCUT2D eigenvalue weighted by Crippen LogP contribution is 2.20. The predicted octanol–water partition coefficient (Wildman–Crippen LogP) is 2.88. The van der Waals surface area contributed by atoms with Crippen molar-refractivity contribution in [2.45, 2.75) is 6.42 Å². The third kappa shape index (κ3) is 2.58. The second kappa shape index (κ2) is 4.75. The first kappa shape index (κ1) is 11.9. The molecule has 0 saturated carbocycles. The lowest BCUT2D eigenvalue weighted by Gasteiger charge is -2.03. The fourth-order valence-corrected chi connectivity index (χ4v) is 1.85. The number of carbonyl (C=O) groups is 1. The van der Waals surface area contributed by atoms with E-state index < -0.39 is 23.0 Å². The zero-order valence-electron chi connectivity index (χ0n) is 8.51. The number of nitrogens with zero attached hydrogens (tertiary/aromatic N) is 1. The van der Waals surface area contributed by atoms with Gasteiger partial charge in [-0.1, -0.05) is 15.9 Å². The average Bonchev–Trinajstić information content (AvgIpc) is 2.68. The molecule has 2 rings (SSSR count). The molecule has 1 heterocycles. The highest BCUT2D eigenvalue weighted by molar-refractivity contribution is 9.10. The summed E-state index contributed by atoms with van der Waals surface area (Å²) in [6.07, 6.45) is 2.84. The number of carbonyl (C=O) groups excluding carboxylic acids is 1. The molecule has 88 valence electrons. The number of hydrogen-bond donors (Lipinski definition) is 1. The van der Waals surface area contributed by atoms with Gasteiger partial charge in [-0.15, -0.1) is 0 Å². The van der Waals surface area contributed by atoms with Gasteiger partial charge in [-0.05, 0) is 12.1 Å². The van der Waals surface area contributed by atoms with Crippen molar-refractivity contribution < 1.29 is 13.6 Å². The third-order valence-electron chi connectivity index (χ3n) is 2.17. The van der Waals surface area contributed by atoms with Crippen LogP contribution in [0, 0.1) is 11.6 Å². The predicted molar refractivity (Wildman–Crippen MR) is 60.7 cm³/mol. The number of H-pyrrole nitrogens is 1. The number of aromatic nitrogens is 2. The average molecular weight is 301 g/mol. The molecule has 17 heavy (non-hydrogen) atoms. The Hall–Kier alpha value is -1.56. The Morgan fingerprint density at radius 2 is 2.00 bits per heavy atom. The van der Waals surface area contributed by atoms with Crippen molar-refractivity contribution in [3.8, 4) is 0 Å². The standard InChI is InChI=1S/C11H7BrF2N2O/c12-6-3-7(13)11(8(14)4-6)9(17)5-10-15-1-2-16-10/h1-4H,5H2,(H,15,16). The van der Waals surface area contributed by atoms with Crippen LogP contribution in [-0.4, -0.2) is 15.8 Å². The van der Waals surface area contributed by atoms with E-state index in [1.807, 2.05) is 0 Å². The van der Waals surface area contributed by atoms with Gasteiger partial charge in [0.25, 0.3) is 0 Å². The van der Waals surface area contributed by atoms with Crippen molar-refractivity contribution in [1.29, 1.82) is 0 Å². The third-order valence-corrected chi connectivity index (χ3v) is 2.63. The van der Waals surface area contributed by atoms with E-state index in [9.17, 15) is 13.6 Å². The van der Waals surface area contributed by atoms with Gasteiger partial charge in [0.1, 0.15) is 17.5 Å². The molecule has 1 N–H and O–H groups in total. The Labute approximate surface area is 104 Å². The Balaban J connectivity index is 2.31. The van der Waals surface area contributed by atoms with Crippen molar-refractivity contribution in [1.82, 2.24) is 9.97 Å². The number of hydrogen-bond acceptors (Lipinski definition) is 2. The second-order valence-corrected chi connectivity index (χ2v) is 4.30. The monoisotopic (exact) mass is 300 g/mol. The molecule has 3 nitrogen and oxygen atoms in total. The number of rotatable bonds is 3. The summed E-state index contributed by atoms with van der Waals surface area (Å²) in [5.41, 5.74) is -0.537. The van der Waals surface area contributed by atoms with E-state index >= 15 is 0 Å². The largest absolute Gasteiger partial charge is 0.348 e. The van der Waals surface area contributed by atoms with Crippen LogP contribution >= 0.6 is 15.9 Å². The normalized spacial score (nSPS) is 10.5. The molecule has 0 amide bonds. The lowest BCUT2D eigenvalue weighted by Crippen LogP contribution is -2.10. The van der Waals surface area contributed by atoms with Gasteiger partial charge in [0.15, 0.2) is 5.78 Å². The highest BCUT2D eigenvalue weighted by Gasteiger charge is 2.19. The minimum absolute atomic E-state index is 0.164. The molecule has 2 aromatic rings. The first-order valence-electron chi connectivity index (χ1n) is 4.74. The molecule has 1 aromatic heterocycles. The van der Waals surface area contributed by atoms with Crippen LogP contribution in [0.1, 0.15) is 16.2 Å². The molecule has 1 aromatic carbocycles. The maximum atomic E-state index is 13.5. The van der Waals surface area contributed by atoms with Gasteiger partial charge in [-0.25, -0.2) is 13.8 Å². The number of imidazole rings is 1. The van der Waals surface area contributed by atoms with Crippen molar-refractivity contribution in [2.24, 2.45) is 0 Å². The topological polar surface area (TPSA) is 45.8 Å². The second-order valence-electron chi connectivity index (χ2n) is 3.38. The van der Waals surface area contributed by atoms with Gasteiger partial charge in [-0.2, -0.15) is 0 Å². The van der Waals surface area contributed by atoms with Crippen molar-refractivity contribution >= 4 is 21.7 Å². The molecule has 0 aliphatic carbocycles. The van der Waals surface area contributed by atoms with Crippen LogP contribution in [0.15, 0.2) is 29.0 Å². The lowest BCUT2D eigenvalue weighted by molar-refractivity contribution is 0.0983. The Morgan fingerprint density at radius 1 is 1.35 bits per heavy atom. The fraction of sp³-hybridized carbons (Fsp3) is 0.0909. The van der Waals surface area contributed by atoms with Gasteiger partial charge in [-0.3, -0.25) is 4.79 Å². The van der Waals surface area contributed by atoms with E-state index in [4.69, 9.17) is 0 Å². The van der Waals surface area contributed by atoms with Gasteiger partial charge >= 0.3 is 0 Å². The van der Waals surface area contributed by atoms with Gasteiger partial charge in [0.05, 0.1) is 12.0 Å². The number of Topliss-reactive ketones (excluding diaryl/α,β-unsaturated/α-hetero) is 1. The van der Waals surface area contributed by atoms with E-state index in [0.29, 0.717) is 5.82 Å². The zero-order chi connectivity index (χ0) is 12.4. The molecular formula is C11H7BrF2N2O. The van der Waals surface area contributed by atoms with Crippen LogP contribution < -0.4 is 0 Å². The zero-order valence-corrected chi connectivity index (χ0v) is 10.1. The molecule has 0 spiro atoms. The lowest BCUT2D eigenvalue weighted by atomic mass is 10.1. The van der Waals surface area contributed by atoms with Gasteiger partial charge < -0.3 is 4.98 Å².